The van der Waals surface area contributed by atoms with E-state index in [-0.39, 0.29) is 19.8 Å². The van der Waals surface area contributed by atoms with Gasteiger partial charge in [0.2, 0.25) is 0 Å². The van der Waals surface area contributed by atoms with Crippen molar-refractivity contribution in [3.63, 3.8) is 0 Å². The Morgan fingerprint density at radius 2 is 1.58 bits per heavy atom. The summed E-state index contributed by atoms with van der Waals surface area (Å²) in [5.41, 5.74) is -1.79. The summed E-state index contributed by atoms with van der Waals surface area (Å²) in [6, 6.07) is 0. The van der Waals surface area contributed by atoms with Crippen LogP contribution in [0.2, 0.25) is 0 Å². The minimum atomic E-state index is -1.13. The maximum Gasteiger partial charge on any atom is 0.317 e. The quantitative estimate of drug-likeness (QED) is 0.664. The minimum Gasteiger partial charge on any atom is -0.464 e. The SMILES string of the molecule is COCC(C)(COC(=O)C(C)(C)C)C(=O)OCCF. The summed E-state index contributed by atoms with van der Waals surface area (Å²) in [6.07, 6.45) is 0. The van der Waals surface area contributed by atoms with Crippen LogP contribution < -0.4 is 0 Å². The zero-order valence-corrected chi connectivity index (χ0v) is 12.2. The molecular formula is C13H23FO5. The van der Waals surface area contributed by atoms with Crippen LogP contribution in [0.4, 0.5) is 4.39 Å². The number of alkyl halides is 1. The Bertz CT molecular complexity index is 311. The van der Waals surface area contributed by atoms with Crippen molar-refractivity contribution in [3.05, 3.63) is 0 Å². The van der Waals surface area contributed by atoms with Gasteiger partial charge in [0.25, 0.3) is 0 Å². The number of ether oxygens (including phenoxy) is 3. The van der Waals surface area contributed by atoms with Gasteiger partial charge in [-0.15, -0.1) is 0 Å². The Hall–Kier alpha value is -1.17. The molecule has 5 nitrogen and oxygen atoms in total. The molecule has 1 atom stereocenters. The number of carbonyl (C=O) groups is 2. The van der Waals surface area contributed by atoms with Crippen LogP contribution in [0.3, 0.4) is 0 Å². The van der Waals surface area contributed by atoms with Gasteiger partial charge in [0.05, 0.1) is 12.0 Å². The van der Waals surface area contributed by atoms with E-state index in [1.807, 2.05) is 0 Å². The fraction of sp³-hybridized carbons (Fsp3) is 0.846. The second kappa shape index (κ2) is 7.43. The van der Waals surface area contributed by atoms with Crippen LogP contribution in [0, 0.1) is 10.8 Å². The smallest absolute Gasteiger partial charge is 0.317 e. The van der Waals surface area contributed by atoms with Gasteiger partial charge < -0.3 is 14.2 Å². The van der Waals surface area contributed by atoms with Crippen LogP contribution in [0.5, 0.6) is 0 Å². The summed E-state index contributed by atoms with van der Waals surface area (Å²) in [5.74, 6) is -1.07. The summed E-state index contributed by atoms with van der Waals surface area (Å²) >= 11 is 0. The number of halogens is 1. The topological polar surface area (TPSA) is 61.8 Å². The Labute approximate surface area is 113 Å². The van der Waals surface area contributed by atoms with Gasteiger partial charge in [-0.25, -0.2) is 4.39 Å². The summed E-state index contributed by atoms with van der Waals surface area (Å²) in [5, 5.41) is 0. The normalized spacial score (nSPS) is 14.6. The predicted octanol–water partition coefficient (Wildman–Crippen LogP) is 1.74. The Morgan fingerprint density at radius 1 is 1.00 bits per heavy atom. The largest absolute Gasteiger partial charge is 0.464 e. The third-order valence-corrected chi connectivity index (χ3v) is 2.40. The number of methoxy groups -OCH3 is 1. The molecule has 0 rings (SSSR count). The first-order valence-corrected chi connectivity index (χ1v) is 6.07. The fourth-order valence-corrected chi connectivity index (χ4v) is 1.22. The predicted molar refractivity (Wildman–Crippen MR) is 67.3 cm³/mol. The lowest BCUT2D eigenvalue weighted by molar-refractivity contribution is -0.170. The molecule has 0 aromatic carbocycles. The van der Waals surface area contributed by atoms with Gasteiger partial charge in [-0.2, -0.15) is 0 Å². The van der Waals surface area contributed by atoms with E-state index in [0.717, 1.165) is 0 Å². The van der Waals surface area contributed by atoms with Gasteiger partial charge in [-0.3, -0.25) is 9.59 Å². The Kier molecular flexibility index (Phi) is 6.97. The van der Waals surface area contributed by atoms with Gasteiger partial charge in [-0.05, 0) is 27.7 Å². The molecule has 0 aliphatic carbocycles. The van der Waals surface area contributed by atoms with Crippen molar-refractivity contribution in [2.75, 3.05) is 33.6 Å². The fourth-order valence-electron chi connectivity index (χ4n) is 1.22. The molecule has 1 unspecified atom stereocenters. The van der Waals surface area contributed by atoms with Crippen molar-refractivity contribution < 1.29 is 28.2 Å². The molecule has 0 radical (unpaired) electrons. The molecule has 19 heavy (non-hydrogen) atoms. The van der Waals surface area contributed by atoms with E-state index in [1.165, 1.54) is 7.11 Å². The van der Waals surface area contributed by atoms with Gasteiger partial charge in [0.15, 0.2) is 0 Å². The summed E-state index contributed by atoms with van der Waals surface area (Å²) in [6.45, 7) is 5.48. The molecule has 0 fully saturated rings. The molecule has 0 aromatic rings. The van der Waals surface area contributed by atoms with Gasteiger partial charge >= 0.3 is 11.9 Å². The van der Waals surface area contributed by atoms with Crippen molar-refractivity contribution in [3.8, 4) is 0 Å². The third-order valence-electron chi connectivity index (χ3n) is 2.40. The highest BCUT2D eigenvalue weighted by Gasteiger charge is 2.38. The van der Waals surface area contributed by atoms with E-state index < -0.39 is 29.4 Å². The number of rotatable bonds is 7. The van der Waals surface area contributed by atoms with Crippen LogP contribution >= 0.6 is 0 Å². The number of esters is 2. The van der Waals surface area contributed by atoms with E-state index in [9.17, 15) is 14.0 Å². The average molecular weight is 278 g/mol. The van der Waals surface area contributed by atoms with E-state index in [0.29, 0.717) is 0 Å². The zero-order valence-electron chi connectivity index (χ0n) is 12.2. The monoisotopic (exact) mass is 278 g/mol. The lowest BCUT2D eigenvalue weighted by atomic mass is 9.92. The van der Waals surface area contributed by atoms with Crippen molar-refractivity contribution in [2.45, 2.75) is 27.7 Å². The Balaban J connectivity index is 4.62. The van der Waals surface area contributed by atoms with Crippen molar-refractivity contribution >= 4 is 11.9 Å². The molecule has 0 saturated carbocycles. The van der Waals surface area contributed by atoms with Crippen molar-refractivity contribution in [1.29, 1.82) is 0 Å². The minimum absolute atomic E-state index is 0.0234. The molecule has 0 aliphatic heterocycles. The molecule has 0 spiro atoms. The average Bonchev–Trinajstić information content (AvgIpc) is 2.32. The van der Waals surface area contributed by atoms with Crippen LogP contribution in [0.15, 0.2) is 0 Å². The molecule has 6 heteroatoms. The molecule has 0 heterocycles. The summed E-state index contributed by atoms with van der Waals surface area (Å²) in [4.78, 5) is 23.5. The first kappa shape index (κ1) is 17.8. The standard InChI is InChI=1S/C13H23FO5/c1-12(2,3)10(15)19-9-13(4,8-17-5)11(16)18-7-6-14/h6-9H2,1-5H3. The maximum absolute atomic E-state index is 12.0. The van der Waals surface area contributed by atoms with Crippen LogP contribution in [0.1, 0.15) is 27.7 Å². The first-order chi connectivity index (χ1) is 8.67. The molecule has 0 N–H and O–H groups in total. The summed E-state index contributed by atoms with van der Waals surface area (Å²) in [7, 11) is 1.42. The third kappa shape index (κ3) is 6.00. The van der Waals surface area contributed by atoms with E-state index in [1.54, 1.807) is 27.7 Å². The molecule has 0 aliphatic rings. The van der Waals surface area contributed by atoms with Gasteiger partial charge in [0, 0.05) is 7.11 Å². The lowest BCUT2D eigenvalue weighted by Crippen LogP contribution is -2.41. The maximum atomic E-state index is 12.0. The highest BCUT2D eigenvalue weighted by Crippen LogP contribution is 2.23. The number of hydrogen-bond donors (Lipinski definition) is 0. The molecule has 0 aromatic heterocycles. The van der Waals surface area contributed by atoms with Crippen LogP contribution in [-0.2, 0) is 23.8 Å². The molecular weight excluding hydrogens is 255 g/mol. The van der Waals surface area contributed by atoms with Crippen LogP contribution in [-0.4, -0.2) is 45.5 Å². The summed E-state index contributed by atoms with van der Waals surface area (Å²) < 4.78 is 26.8. The van der Waals surface area contributed by atoms with Gasteiger partial charge in [0.1, 0.15) is 25.3 Å². The molecule has 0 bridgehead atoms. The Morgan fingerprint density at radius 3 is 2.00 bits per heavy atom. The van der Waals surface area contributed by atoms with Crippen molar-refractivity contribution in [1.82, 2.24) is 0 Å². The molecule has 0 amide bonds. The highest BCUT2D eigenvalue weighted by molar-refractivity contribution is 5.78. The van der Waals surface area contributed by atoms with E-state index in [2.05, 4.69) is 0 Å². The number of hydrogen-bond acceptors (Lipinski definition) is 5. The second-order valence-electron chi connectivity index (χ2n) is 5.64. The van der Waals surface area contributed by atoms with Crippen molar-refractivity contribution in [2.24, 2.45) is 10.8 Å². The lowest BCUT2D eigenvalue weighted by Gasteiger charge is -2.27. The van der Waals surface area contributed by atoms with E-state index >= 15 is 0 Å². The zero-order chi connectivity index (χ0) is 15.1. The molecule has 0 saturated heterocycles. The van der Waals surface area contributed by atoms with Crippen LogP contribution in [0.25, 0.3) is 0 Å². The number of carbonyl (C=O) groups excluding carboxylic acids is 2. The second-order valence-corrected chi connectivity index (χ2v) is 5.64. The highest BCUT2D eigenvalue weighted by atomic mass is 19.1. The van der Waals surface area contributed by atoms with E-state index in [4.69, 9.17) is 14.2 Å². The first-order valence-electron chi connectivity index (χ1n) is 6.07. The molecule has 112 valence electrons. The van der Waals surface area contributed by atoms with Gasteiger partial charge in [-0.1, -0.05) is 0 Å².